The Morgan fingerprint density at radius 1 is 1.22 bits per heavy atom. The molecule has 23 heavy (non-hydrogen) atoms. The molecule has 0 amide bonds. The molecule has 3 rings (SSSR count). The molecule has 1 saturated heterocycles. The van der Waals surface area contributed by atoms with Crippen molar-refractivity contribution >= 4 is 11.9 Å². The van der Waals surface area contributed by atoms with Crippen LogP contribution in [0.1, 0.15) is 33.1 Å². The Kier molecular flexibility index (Phi) is 3.95. The molecule has 3 fully saturated rings. The lowest BCUT2D eigenvalue weighted by molar-refractivity contribution is -0.159. The van der Waals surface area contributed by atoms with Gasteiger partial charge in [0.05, 0.1) is 11.8 Å². The second-order valence-electron chi connectivity index (χ2n) is 7.24. The fourth-order valence-electron chi connectivity index (χ4n) is 4.17. The Hall–Kier alpha value is -1.84. The van der Waals surface area contributed by atoms with E-state index < -0.39 is 6.10 Å². The van der Waals surface area contributed by atoms with E-state index in [1.807, 2.05) is 13.8 Å². The molecule has 0 aromatic carbocycles. The molecule has 1 heterocycles. The standard InChI is InChI=1S/C19H24O4/c1-9(2)18(20)23-17-15-10(3)6-7-13(15)11(4)8-14-16(17)12(5)19(21)22-14/h9,13-17H,3-8H2,1-2H3. The van der Waals surface area contributed by atoms with Gasteiger partial charge >= 0.3 is 11.9 Å². The van der Waals surface area contributed by atoms with Crippen LogP contribution in [0.25, 0.3) is 0 Å². The lowest BCUT2D eigenvalue weighted by atomic mass is 9.80. The summed E-state index contributed by atoms with van der Waals surface area (Å²) in [6, 6.07) is 0. The second kappa shape index (κ2) is 5.66. The molecule has 0 spiro atoms. The summed E-state index contributed by atoms with van der Waals surface area (Å²) >= 11 is 0. The lowest BCUT2D eigenvalue weighted by Crippen LogP contribution is -2.39. The van der Waals surface area contributed by atoms with E-state index >= 15 is 0 Å². The van der Waals surface area contributed by atoms with Gasteiger partial charge in [-0.05, 0) is 18.8 Å². The van der Waals surface area contributed by atoms with Crippen molar-refractivity contribution in [2.24, 2.45) is 23.7 Å². The van der Waals surface area contributed by atoms with E-state index in [1.165, 1.54) is 0 Å². The van der Waals surface area contributed by atoms with Crippen molar-refractivity contribution in [1.82, 2.24) is 0 Å². The molecule has 0 radical (unpaired) electrons. The van der Waals surface area contributed by atoms with Gasteiger partial charge < -0.3 is 9.47 Å². The molecule has 5 atom stereocenters. The van der Waals surface area contributed by atoms with Crippen LogP contribution in [-0.4, -0.2) is 24.1 Å². The van der Waals surface area contributed by atoms with Crippen molar-refractivity contribution in [1.29, 1.82) is 0 Å². The van der Waals surface area contributed by atoms with Gasteiger partial charge in [-0.25, -0.2) is 4.79 Å². The van der Waals surface area contributed by atoms with Gasteiger partial charge in [-0.2, -0.15) is 0 Å². The molecule has 4 heteroatoms. The minimum Gasteiger partial charge on any atom is -0.461 e. The minimum atomic E-state index is -0.437. The van der Waals surface area contributed by atoms with Gasteiger partial charge in [0.1, 0.15) is 12.2 Å². The second-order valence-corrected chi connectivity index (χ2v) is 7.24. The number of carbonyl (C=O) groups excluding carboxylic acids is 2. The number of ether oxygens (including phenoxy) is 2. The highest BCUT2D eigenvalue weighted by Gasteiger charge is 2.54. The van der Waals surface area contributed by atoms with Crippen molar-refractivity contribution < 1.29 is 19.1 Å². The van der Waals surface area contributed by atoms with Crippen molar-refractivity contribution in [3.05, 3.63) is 36.5 Å². The lowest BCUT2D eigenvalue weighted by Gasteiger charge is -2.32. The summed E-state index contributed by atoms with van der Waals surface area (Å²) in [6.45, 7) is 15.9. The summed E-state index contributed by atoms with van der Waals surface area (Å²) in [5, 5.41) is 0. The molecule has 124 valence electrons. The number of hydrogen-bond acceptors (Lipinski definition) is 4. The first kappa shape index (κ1) is 16.0. The third-order valence-corrected chi connectivity index (χ3v) is 5.42. The van der Waals surface area contributed by atoms with Crippen molar-refractivity contribution in [3.8, 4) is 0 Å². The minimum absolute atomic E-state index is 0.00597. The van der Waals surface area contributed by atoms with E-state index in [2.05, 4.69) is 19.7 Å². The molecule has 0 N–H and O–H groups in total. The summed E-state index contributed by atoms with van der Waals surface area (Å²) in [4.78, 5) is 24.2. The topological polar surface area (TPSA) is 52.6 Å². The smallest absolute Gasteiger partial charge is 0.334 e. The van der Waals surface area contributed by atoms with Crippen molar-refractivity contribution in [2.75, 3.05) is 0 Å². The maximum absolute atomic E-state index is 12.2. The van der Waals surface area contributed by atoms with E-state index in [0.29, 0.717) is 12.0 Å². The normalized spacial score (nSPS) is 36.6. The largest absolute Gasteiger partial charge is 0.461 e. The maximum Gasteiger partial charge on any atom is 0.334 e. The first-order chi connectivity index (χ1) is 10.8. The number of rotatable bonds is 2. The quantitative estimate of drug-likeness (QED) is 0.446. The van der Waals surface area contributed by atoms with E-state index in [-0.39, 0.29) is 41.7 Å². The molecule has 5 unspecified atom stereocenters. The predicted octanol–water partition coefficient (Wildman–Crippen LogP) is 3.19. The summed E-state index contributed by atoms with van der Waals surface area (Å²) in [7, 11) is 0. The number of fused-ring (bicyclic) bond motifs is 2. The van der Waals surface area contributed by atoms with Gasteiger partial charge in [-0.15, -0.1) is 0 Å². The zero-order valence-electron chi connectivity index (χ0n) is 13.8. The number of hydrogen-bond donors (Lipinski definition) is 0. The molecule has 1 aliphatic heterocycles. The van der Waals surface area contributed by atoms with Crippen LogP contribution in [0.4, 0.5) is 0 Å². The van der Waals surface area contributed by atoms with Gasteiger partial charge in [-0.3, -0.25) is 4.79 Å². The number of carbonyl (C=O) groups is 2. The molecule has 4 nitrogen and oxygen atoms in total. The van der Waals surface area contributed by atoms with Crippen LogP contribution < -0.4 is 0 Å². The molecule has 2 aliphatic carbocycles. The zero-order valence-corrected chi connectivity index (χ0v) is 13.8. The van der Waals surface area contributed by atoms with Crippen LogP contribution in [0, 0.1) is 23.7 Å². The van der Waals surface area contributed by atoms with E-state index in [9.17, 15) is 9.59 Å². The number of esters is 2. The molecular weight excluding hydrogens is 292 g/mol. The van der Waals surface area contributed by atoms with Gasteiger partial charge in [0.25, 0.3) is 0 Å². The Balaban J connectivity index is 2.01. The molecular formula is C19H24O4. The fraction of sp³-hybridized carbons (Fsp3) is 0.579. The van der Waals surface area contributed by atoms with Gasteiger partial charge in [-0.1, -0.05) is 44.7 Å². The predicted molar refractivity (Wildman–Crippen MR) is 86.3 cm³/mol. The fourth-order valence-corrected chi connectivity index (χ4v) is 4.17. The molecule has 0 aromatic rings. The third kappa shape index (κ3) is 2.54. The SMILES string of the molecule is C=C1CC2OC(=O)C(=C)C2C(OC(=O)C(C)C)C2C(=C)CCC12. The molecule has 2 saturated carbocycles. The van der Waals surface area contributed by atoms with Crippen LogP contribution in [0.15, 0.2) is 36.5 Å². The first-order valence-electron chi connectivity index (χ1n) is 8.26. The average molecular weight is 316 g/mol. The van der Waals surface area contributed by atoms with Crippen LogP contribution in [0.3, 0.4) is 0 Å². The van der Waals surface area contributed by atoms with Crippen molar-refractivity contribution in [2.45, 2.75) is 45.3 Å². The van der Waals surface area contributed by atoms with E-state index in [0.717, 1.165) is 24.0 Å². The Morgan fingerprint density at radius 2 is 1.91 bits per heavy atom. The molecule has 0 aromatic heterocycles. The molecule has 3 aliphatic rings. The highest BCUT2D eigenvalue weighted by atomic mass is 16.6. The highest BCUT2D eigenvalue weighted by molar-refractivity contribution is 5.91. The first-order valence-corrected chi connectivity index (χ1v) is 8.26. The van der Waals surface area contributed by atoms with Gasteiger partial charge in [0.2, 0.25) is 0 Å². The summed E-state index contributed by atoms with van der Waals surface area (Å²) in [5.74, 6) is -0.922. The Labute approximate surface area is 137 Å². The molecule has 0 bridgehead atoms. The summed E-state index contributed by atoms with van der Waals surface area (Å²) in [5.41, 5.74) is 2.55. The van der Waals surface area contributed by atoms with E-state index in [4.69, 9.17) is 9.47 Å². The monoisotopic (exact) mass is 316 g/mol. The Bertz CT molecular complexity index is 600. The Morgan fingerprint density at radius 3 is 2.57 bits per heavy atom. The summed E-state index contributed by atoms with van der Waals surface area (Å²) < 4.78 is 11.3. The zero-order chi connectivity index (χ0) is 16.9. The highest BCUT2D eigenvalue weighted by Crippen LogP contribution is 2.52. The van der Waals surface area contributed by atoms with E-state index in [1.54, 1.807) is 0 Å². The van der Waals surface area contributed by atoms with Crippen molar-refractivity contribution in [3.63, 3.8) is 0 Å². The van der Waals surface area contributed by atoms with Crippen LogP contribution >= 0.6 is 0 Å². The average Bonchev–Trinajstić information content (AvgIpc) is 2.94. The van der Waals surface area contributed by atoms with Crippen LogP contribution in [-0.2, 0) is 19.1 Å². The maximum atomic E-state index is 12.2. The van der Waals surface area contributed by atoms with Crippen LogP contribution in [0.2, 0.25) is 0 Å². The third-order valence-electron chi connectivity index (χ3n) is 5.42. The van der Waals surface area contributed by atoms with Crippen LogP contribution in [0.5, 0.6) is 0 Å². The van der Waals surface area contributed by atoms with Gasteiger partial charge in [0.15, 0.2) is 0 Å². The summed E-state index contributed by atoms with van der Waals surface area (Å²) in [6.07, 6.45) is 1.72. The van der Waals surface area contributed by atoms with Gasteiger partial charge in [0, 0.05) is 17.9 Å².